The molecule has 2 rings (SSSR count). The Balaban J connectivity index is 1.89. The Bertz CT molecular complexity index is 874. The van der Waals surface area contributed by atoms with Crippen LogP contribution in [-0.4, -0.2) is 29.4 Å². The van der Waals surface area contributed by atoms with Crippen LogP contribution in [0.25, 0.3) is 0 Å². The van der Waals surface area contributed by atoms with Gasteiger partial charge in [-0.25, -0.2) is 0 Å². The molecule has 8 heteroatoms. The summed E-state index contributed by atoms with van der Waals surface area (Å²) >= 11 is 0. The van der Waals surface area contributed by atoms with E-state index in [1.54, 1.807) is 48.5 Å². The zero-order valence-corrected chi connectivity index (χ0v) is 15.1. The SMILES string of the molecule is C=CC(=O)Nc1ccc(N=Nc2ccc(C(=O)NCCCC(=O)O)cc2)cc1. The Hall–Kier alpha value is -3.81. The third-order valence-corrected chi connectivity index (χ3v) is 3.58. The van der Waals surface area contributed by atoms with Crippen LogP contribution in [-0.2, 0) is 9.59 Å². The minimum atomic E-state index is -0.889. The molecule has 28 heavy (non-hydrogen) atoms. The number of carboxylic acids is 1. The minimum Gasteiger partial charge on any atom is -0.481 e. The summed E-state index contributed by atoms with van der Waals surface area (Å²) in [6, 6.07) is 13.4. The van der Waals surface area contributed by atoms with Crippen LogP contribution in [0.4, 0.5) is 17.1 Å². The van der Waals surface area contributed by atoms with E-state index >= 15 is 0 Å². The van der Waals surface area contributed by atoms with Gasteiger partial charge in [0.2, 0.25) is 5.91 Å². The van der Waals surface area contributed by atoms with Crippen molar-refractivity contribution in [1.82, 2.24) is 5.32 Å². The number of amides is 2. The fraction of sp³-hybridized carbons (Fsp3) is 0.150. The highest BCUT2D eigenvalue weighted by molar-refractivity contribution is 5.98. The van der Waals surface area contributed by atoms with Crippen LogP contribution >= 0.6 is 0 Å². The molecule has 0 aliphatic rings. The summed E-state index contributed by atoms with van der Waals surface area (Å²) in [6.07, 6.45) is 1.58. The van der Waals surface area contributed by atoms with Gasteiger partial charge in [0.1, 0.15) is 0 Å². The number of carbonyl (C=O) groups is 3. The van der Waals surface area contributed by atoms with E-state index in [9.17, 15) is 14.4 Å². The number of carbonyl (C=O) groups excluding carboxylic acids is 2. The number of nitrogens with one attached hydrogen (secondary N) is 2. The Morgan fingerprint density at radius 2 is 1.54 bits per heavy atom. The molecule has 2 aromatic rings. The molecule has 144 valence electrons. The summed E-state index contributed by atoms with van der Waals surface area (Å²) in [5.74, 6) is -1.45. The molecule has 0 atom stereocenters. The maximum absolute atomic E-state index is 12.0. The molecule has 0 radical (unpaired) electrons. The second-order valence-corrected chi connectivity index (χ2v) is 5.74. The lowest BCUT2D eigenvalue weighted by Gasteiger charge is -2.04. The van der Waals surface area contributed by atoms with Gasteiger partial charge in [-0.1, -0.05) is 6.58 Å². The molecule has 0 saturated heterocycles. The molecule has 0 saturated carbocycles. The predicted molar refractivity (Wildman–Crippen MR) is 105 cm³/mol. The largest absolute Gasteiger partial charge is 0.481 e. The van der Waals surface area contributed by atoms with E-state index in [-0.39, 0.29) is 18.2 Å². The van der Waals surface area contributed by atoms with Crippen LogP contribution in [0.3, 0.4) is 0 Å². The highest BCUT2D eigenvalue weighted by Gasteiger charge is 2.05. The third-order valence-electron chi connectivity index (χ3n) is 3.58. The molecule has 0 heterocycles. The lowest BCUT2D eigenvalue weighted by Crippen LogP contribution is -2.24. The number of hydrogen-bond acceptors (Lipinski definition) is 5. The Morgan fingerprint density at radius 1 is 0.964 bits per heavy atom. The van der Waals surface area contributed by atoms with E-state index < -0.39 is 5.97 Å². The van der Waals surface area contributed by atoms with Crippen molar-refractivity contribution in [2.75, 3.05) is 11.9 Å². The van der Waals surface area contributed by atoms with Gasteiger partial charge in [-0.05, 0) is 61.0 Å². The molecule has 0 unspecified atom stereocenters. The van der Waals surface area contributed by atoms with Crippen LogP contribution in [0.1, 0.15) is 23.2 Å². The molecule has 0 fully saturated rings. The number of carboxylic acid groups (broad SMARTS) is 1. The van der Waals surface area contributed by atoms with Crippen molar-refractivity contribution >= 4 is 34.8 Å². The highest BCUT2D eigenvalue weighted by atomic mass is 16.4. The second kappa shape index (κ2) is 10.4. The van der Waals surface area contributed by atoms with Crippen molar-refractivity contribution in [2.24, 2.45) is 10.2 Å². The molecule has 2 aromatic carbocycles. The number of nitrogens with zero attached hydrogens (tertiary/aromatic N) is 2. The quantitative estimate of drug-likeness (QED) is 0.348. The fourth-order valence-electron chi connectivity index (χ4n) is 2.14. The van der Waals surface area contributed by atoms with Gasteiger partial charge in [-0.3, -0.25) is 14.4 Å². The molecule has 0 spiro atoms. The first-order chi connectivity index (χ1) is 13.5. The number of azo groups is 1. The summed E-state index contributed by atoms with van der Waals surface area (Å²) in [5, 5.41) is 22.1. The van der Waals surface area contributed by atoms with Crippen LogP contribution < -0.4 is 10.6 Å². The zero-order chi connectivity index (χ0) is 20.4. The van der Waals surface area contributed by atoms with Crippen molar-refractivity contribution in [1.29, 1.82) is 0 Å². The average Bonchev–Trinajstić information content (AvgIpc) is 2.70. The summed E-state index contributed by atoms with van der Waals surface area (Å²) < 4.78 is 0. The zero-order valence-electron chi connectivity index (χ0n) is 15.1. The van der Waals surface area contributed by atoms with Crippen molar-refractivity contribution in [3.8, 4) is 0 Å². The third kappa shape index (κ3) is 6.83. The van der Waals surface area contributed by atoms with Crippen molar-refractivity contribution in [2.45, 2.75) is 12.8 Å². The van der Waals surface area contributed by atoms with Gasteiger partial charge in [-0.15, -0.1) is 0 Å². The smallest absolute Gasteiger partial charge is 0.303 e. The van der Waals surface area contributed by atoms with Crippen LogP contribution in [0.15, 0.2) is 71.4 Å². The average molecular weight is 380 g/mol. The topological polar surface area (TPSA) is 120 Å². The summed E-state index contributed by atoms with van der Waals surface area (Å²) in [7, 11) is 0. The number of aliphatic carboxylic acids is 1. The molecule has 8 nitrogen and oxygen atoms in total. The van der Waals surface area contributed by atoms with E-state index in [0.717, 1.165) is 0 Å². The molecule has 2 amide bonds. The highest BCUT2D eigenvalue weighted by Crippen LogP contribution is 2.20. The molecule has 0 aliphatic carbocycles. The van der Waals surface area contributed by atoms with E-state index in [1.165, 1.54) is 6.08 Å². The van der Waals surface area contributed by atoms with Crippen LogP contribution in [0.2, 0.25) is 0 Å². The van der Waals surface area contributed by atoms with Crippen LogP contribution in [0, 0.1) is 0 Å². The standard InChI is InChI=1S/C20H20N4O4/c1-2-18(25)22-15-9-11-17(12-10-15)24-23-16-7-5-14(6-8-16)20(28)21-13-3-4-19(26)27/h2,5-12H,1,3-4,13H2,(H,21,28)(H,22,25)(H,26,27). The molecule has 0 aliphatic heterocycles. The predicted octanol–water partition coefficient (Wildman–Crippen LogP) is 3.82. The van der Waals surface area contributed by atoms with E-state index in [1.807, 2.05) is 0 Å². The van der Waals surface area contributed by atoms with Gasteiger partial charge in [0.15, 0.2) is 0 Å². The molecular weight excluding hydrogens is 360 g/mol. The molecular formula is C20H20N4O4. The van der Waals surface area contributed by atoms with Gasteiger partial charge in [-0.2, -0.15) is 10.2 Å². The molecule has 3 N–H and O–H groups in total. The summed E-state index contributed by atoms with van der Waals surface area (Å²) in [4.78, 5) is 33.6. The Kier molecular flexibility index (Phi) is 7.59. The Morgan fingerprint density at radius 3 is 2.07 bits per heavy atom. The van der Waals surface area contributed by atoms with Gasteiger partial charge in [0, 0.05) is 24.2 Å². The van der Waals surface area contributed by atoms with Crippen molar-refractivity contribution < 1.29 is 19.5 Å². The maximum Gasteiger partial charge on any atom is 0.303 e. The number of hydrogen-bond donors (Lipinski definition) is 3. The van der Waals surface area contributed by atoms with Crippen molar-refractivity contribution in [3.05, 3.63) is 66.7 Å². The van der Waals surface area contributed by atoms with Gasteiger partial charge >= 0.3 is 5.97 Å². The molecule has 0 bridgehead atoms. The van der Waals surface area contributed by atoms with E-state index in [0.29, 0.717) is 35.6 Å². The van der Waals surface area contributed by atoms with Gasteiger partial charge in [0.25, 0.3) is 5.91 Å². The summed E-state index contributed by atoms with van der Waals surface area (Å²) in [5.41, 5.74) is 2.27. The van der Waals surface area contributed by atoms with E-state index in [4.69, 9.17) is 5.11 Å². The monoisotopic (exact) mass is 380 g/mol. The lowest BCUT2D eigenvalue weighted by molar-refractivity contribution is -0.137. The fourth-order valence-corrected chi connectivity index (χ4v) is 2.14. The number of benzene rings is 2. The minimum absolute atomic E-state index is 0.0151. The number of anilines is 1. The molecule has 0 aromatic heterocycles. The Labute approximate surface area is 162 Å². The lowest BCUT2D eigenvalue weighted by atomic mass is 10.2. The normalized spacial score (nSPS) is 10.4. The van der Waals surface area contributed by atoms with Gasteiger partial charge in [0.05, 0.1) is 11.4 Å². The van der Waals surface area contributed by atoms with Gasteiger partial charge < -0.3 is 15.7 Å². The first kappa shape index (κ1) is 20.5. The first-order valence-corrected chi connectivity index (χ1v) is 8.53. The first-order valence-electron chi connectivity index (χ1n) is 8.53. The summed E-state index contributed by atoms with van der Waals surface area (Å²) in [6.45, 7) is 3.69. The second-order valence-electron chi connectivity index (χ2n) is 5.74. The van der Waals surface area contributed by atoms with E-state index in [2.05, 4.69) is 27.4 Å². The van der Waals surface area contributed by atoms with Crippen LogP contribution in [0.5, 0.6) is 0 Å². The maximum atomic E-state index is 12.0. The van der Waals surface area contributed by atoms with Crippen molar-refractivity contribution in [3.63, 3.8) is 0 Å². The number of rotatable bonds is 9.